The van der Waals surface area contributed by atoms with Gasteiger partial charge in [-0.15, -0.1) is 0 Å². The number of rotatable bonds is 4. The van der Waals surface area contributed by atoms with E-state index in [0.29, 0.717) is 6.54 Å². The summed E-state index contributed by atoms with van der Waals surface area (Å²) >= 11 is 0. The third-order valence-electron chi connectivity index (χ3n) is 6.07. The van der Waals surface area contributed by atoms with Crippen LogP contribution in [0.2, 0.25) is 0 Å². The number of nitrogens with zero attached hydrogens (tertiary/aromatic N) is 4. The lowest BCUT2D eigenvalue weighted by atomic mass is 10.0. The molecule has 144 valence electrons. The summed E-state index contributed by atoms with van der Waals surface area (Å²) in [6.07, 6.45) is 6.00. The van der Waals surface area contributed by atoms with Crippen LogP contribution < -0.4 is 4.90 Å². The number of fused-ring (bicyclic) bond motifs is 1. The molecule has 0 bridgehead atoms. The Morgan fingerprint density at radius 2 is 2.07 bits per heavy atom. The van der Waals surface area contributed by atoms with Crippen molar-refractivity contribution < 1.29 is 4.79 Å². The molecule has 1 aliphatic heterocycles. The monoisotopic (exact) mass is 375 g/mol. The van der Waals surface area contributed by atoms with Crippen LogP contribution in [0.1, 0.15) is 28.8 Å². The van der Waals surface area contributed by atoms with Gasteiger partial charge in [-0.1, -0.05) is 23.8 Å². The van der Waals surface area contributed by atoms with E-state index >= 15 is 0 Å². The maximum Gasteiger partial charge on any atom is 0.176 e. The Morgan fingerprint density at radius 1 is 1.18 bits per heavy atom. The molecule has 0 radical (unpaired) electrons. The van der Waals surface area contributed by atoms with Gasteiger partial charge >= 0.3 is 0 Å². The summed E-state index contributed by atoms with van der Waals surface area (Å²) in [7, 11) is 0. The molecule has 6 nitrogen and oxygen atoms in total. The lowest BCUT2D eigenvalue weighted by Gasteiger charge is -2.25. The summed E-state index contributed by atoms with van der Waals surface area (Å²) < 4.78 is 0. The van der Waals surface area contributed by atoms with Crippen LogP contribution in [-0.2, 0) is 0 Å². The minimum atomic E-state index is 0.211. The van der Waals surface area contributed by atoms with Crippen LogP contribution in [0.4, 0.5) is 5.82 Å². The number of H-pyrrole nitrogens is 1. The molecule has 0 atom stereocenters. The second-order valence-corrected chi connectivity index (χ2v) is 8.36. The number of anilines is 1. The Labute approximate surface area is 164 Å². The summed E-state index contributed by atoms with van der Waals surface area (Å²) in [4.78, 5) is 29.6. The molecule has 1 spiro atoms. The van der Waals surface area contributed by atoms with Crippen molar-refractivity contribution in [3.8, 4) is 0 Å². The quantitative estimate of drug-likeness (QED) is 0.710. The molecular weight excluding hydrogens is 350 g/mol. The van der Waals surface area contributed by atoms with Gasteiger partial charge in [-0.25, -0.2) is 9.97 Å². The van der Waals surface area contributed by atoms with Crippen molar-refractivity contribution in [3.05, 3.63) is 54.0 Å². The minimum Gasteiger partial charge on any atom is -0.354 e. The van der Waals surface area contributed by atoms with Gasteiger partial charge < -0.3 is 9.88 Å². The molecular formula is C22H25N5O. The molecule has 1 N–H and O–H groups in total. The Morgan fingerprint density at radius 3 is 2.89 bits per heavy atom. The highest BCUT2D eigenvalue weighted by molar-refractivity contribution is 5.97. The first kappa shape index (κ1) is 17.4. The Hall–Kier alpha value is -2.73. The lowest BCUT2D eigenvalue weighted by Crippen LogP contribution is -2.35. The molecule has 2 aromatic heterocycles. The number of Topliss-reactive ketones (excluding diaryl/α,β-unsaturated/α-hetero) is 1. The van der Waals surface area contributed by atoms with Crippen LogP contribution in [0.5, 0.6) is 0 Å². The van der Waals surface area contributed by atoms with Crippen LogP contribution in [0.3, 0.4) is 0 Å². The van der Waals surface area contributed by atoms with E-state index in [9.17, 15) is 4.79 Å². The molecule has 2 aliphatic rings. The van der Waals surface area contributed by atoms with Gasteiger partial charge in [-0.05, 0) is 31.9 Å². The number of aromatic nitrogens is 3. The van der Waals surface area contributed by atoms with E-state index in [-0.39, 0.29) is 11.2 Å². The number of nitrogens with one attached hydrogen (secondary N) is 1. The first-order chi connectivity index (χ1) is 13.6. The lowest BCUT2D eigenvalue weighted by molar-refractivity contribution is 0.0924. The fourth-order valence-corrected chi connectivity index (χ4v) is 4.38. The maximum atomic E-state index is 12.8. The molecule has 1 aromatic carbocycles. The molecule has 3 aromatic rings. The minimum absolute atomic E-state index is 0.211. The number of hydrogen-bond donors (Lipinski definition) is 1. The number of carbonyl (C=O) groups excluding carboxylic acids is 1. The maximum absolute atomic E-state index is 12.8. The van der Waals surface area contributed by atoms with Crippen molar-refractivity contribution in [2.75, 3.05) is 37.6 Å². The molecule has 28 heavy (non-hydrogen) atoms. The van der Waals surface area contributed by atoms with E-state index in [4.69, 9.17) is 0 Å². The highest BCUT2D eigenvalue weighted by Crippen LogP contribution is 2.48. The SMILES string of the molecule is Cc1cccc(C(=O)CN2CCN(c3ncnc4[nH]ccc34)CC3(CC3)C2)c1. The summed E-state index contributed by atoms with van der Waals surface area (Å²) in [5, 5.41) is 1.07. The van der Waals surface area contributed by atoms with Crippen LogP contribution in [0.15, 0.2) is 42.9 Å². The topological polar surface area (TPSA) is 65.1 Å². The van der Waals surface area contributed by atoms with Crippen LogP contribution >= 0.6 is 0 Å². The van der Waals surface area contributed by atoms with Crippen molar-refractivity contribution in [1.29, 1.82) is 0 Å². The number of aryl methyl sites for hydroxylation is 1. The van der Waals surface area contributed by atoms with E-state index in [2.05, 4.69) is 24.8 Å². The second-order valence-electron chi connectivity index (χ2n) is 8.36. The summed E-state index contributed by atoms with van der Waals surface area (Å²) in [6.45, 7) is 6.25. The molecule has 1 aliphatic carbocycles. The first-order valence-corrected chi connectivity index (χ1v) is 9.97. The van der Waals surface area contributed by atoms with Crippen molar-refractivity contribution in [2.45, 2.75) is 19.8 Å². The third kappa shape index (κ3) is 3.29. The molecule has 5 rings (SSSR count). The molecule has 2 fully saturated rings. The van der Waals surface area contributed by atoms with E-state index < -0.39 is 0 Å². The standard InChI is InChI=1S/C22H25N5O/c1-16-3-2-4-17(11-16)19(28)12-26-9-10-27(14-22(13-26)6-7-22)21-18-5-8-23-20(18)24-15-25-21/h2-5,8,11,15H,6-7,9-10,12-14H2,1H3,(H,23,24,25). The summed E-state index contributed by atoms with van der Waals surface area (Å²) in [5.41, 5.74) is 3.11. The molecule has 1 saturated heterocycles. The Balaban J connectivity index is 1.35. The van der Waals surface area contributed by atoms with E-state index in [1.807, 2.05) is 43.5 Å². The molecule has 0 unspecified atom stereocenters. The van der Waals surface area contributed by atoms with Crippen LogP contribution in [-0.4, -0.2) is 58.4 Å². The largest absolute Gasteiger partial charge is 0.354 e. The molecule has 6 heteroatoms. The van der Waals surface area contributed by atoms with Crippen molar-refractivity contribution in [2.24, 2.45) is 5.41 Å². The van der Waals surface area contributed by atoms with Gasteiger partial charge in [0.15, 0.2) is 5.78 Å². The third-order valence-corrected chi connectivity index (χ3v) is 6.07. The predicted molar refractivity (Wildman–Crippen MR) is 110 cm³/mol. The number of carbonyl (C=O) groups is 1. The van der Waals surface area contributed by atoms with E-state index in [0.717, 1.165) is 54.2 Å². The van der Waals surface area contributed by atoms with Gasteiger partial charge in [0.2, 0.25) is 0 Å². The van der Waals surface area contributed by atoms with Gasteiger partial charge in [-0.3, -0.25) is 9.69 Å². The van der Waals surface area contributed by atoms with Crippen molar-refractivity contribution >= 4 is 22.6 Å². The molecule has 3 heterocycles. The summed E-state index contributed by atoms with van der Waals surface area (Å²) in [5.74, 6) is 1.22. The first-order valence-electron chi connectivity index (χ1n) is 9.97. The zero-order chi connectivity index (χ0) is 19.1. The predicted octanol–water partition coefficient (Wildman–Crippen LogP) is 3.05. The Kier molecular flexibility index (Phi) is 4.16. The van der Waals surface area contributed by atoms with Gasteiger partial charge in [0.25, 0.3) is 0 Å². The number of hydrogen-bond acceptors (Lipinski definition) is 5. The fourth-order valence-electron chi connectivity index (χ4n) is 4.38. The van der Waals surface area contributed by atoms with Crippen LogP contribution in [0, 0.1) is 12.3 Å². The van der Waals surface area contributed by atoms with E-state index in [1.165, 1.54) is 12.8 Å². The van der Waals surface area contributed by atoms with Crippen LogP contribution in [0.25, 0.3) is 11.0 Å². The average molecular weight is 375 g/mol. The van der Waals surface area contributed by atoms with Gasteiger partial charge in [-0.2, -0.15) is 0 Å². The zero-order valence-electron chi connectivity index (χ0n) is 16.2. The summed E-state index contributed by atoms with van der Waals surface area (Å²) in [6, 6.07) is 9.96. The second kappa shape index (κ2) is 6.71. The molecule has 1 saturated carbocycles. The smallest absolute Gasteiger partial charge is 0.176 e. The number of ketones is 1. The highest BCUT2D eigenvalue weighted by Gasteiger charge is 2.47. The Bertz CT molecular complexity index is 1020. The zero-order valence-corrected chi connectivity index (χ0v) is 16.2. The highest BCUT2D eigenvalue weighted by atomic mass is 16.1. The average Bonchev–Trinajstić information content (AvgIpc) is 3.32. The number of benzene rings is 1. The fraction of sp³-hybridized carbons (Fsp3) is 0.409. The normalized spacial score (nSPS) is 19.1. The number of aromatic amines is 1. The van der Waals surface area contributed by atoms with Crippen molar-refractivity contribution in [3.63, 3.8) is 0 Å². The van der Waals surface area contributed by atoms with Crippen molar-refractivity contribution in [1.82, 2.24) is 19.9 Å². The van der Waals surface area contributed by atoms with E-state index in [1.54, 1.807) is 6.33 Å². The molecule has 0 amide bonds. The van der Waals surface area contributed by atoms with Gasteiger partial charge in [0.05, 0.1) is 11.9 Å². The van der Waals surface area contributed by atoms with Gasteiger partial charge in [0, 0.05) is 43.4 Å². The van der Waals surface area contributed by atoms with Gasteiger partial charge in [0.1, 0.15) is 17.8 Å².